The molecule has 0 unspecified atom stereocenters. The van der Waals surface area contributed by atoms with Crippen LogP contribution in [0.4, 0.5) is 4.39 Å². The maximum atomic E-state index is 13.5. The minimum Gasteiger partial charge on any atom is -0.355 e. The summed E-state index contributed by atoms with van der Waals surface area (Å²) in [5.74, 6) is -0.0222. The summed E-state index contributed by atoms with van der Waals surface area (Å²) in [6, 6.07) is 12.7. The smallest absolute Gasteiger partial charge is 0.251 e. The number of hydrogen-bond donors (Lipinski definition) is 3. The third kappa shape index (κ3) is 7.54. The Morgan fingerprint density at radius 2 is 1.67 bits per heavy atom. The van der Waals surface area contributed by atoms with E-state index in [9.17, 15) is 9.18 Å². The van der Waals surface area contributed by atoms with Gasteiger partial charge in [-0.1, -0.05) is 35.9 Å². The van der Waals surface area contributed by atoms with Crippen LogP contribution in [0.2, 0.25) is 0 Å². The van der Waals surface area contributed by atoms with Gasteiger partial charge in [-0.25, -0.2) is 4.39 Å². The van der Waals surface area contributed by atoms with Crippen LogP contribution >= 0.6 is 24.0 Å². The van der Waals surface area contributed by atoms with E-state index in [1.165, 1.54) is 11.6 Å². The highest BCUT2D eigenvalue weighted by atomic mass is 127. The molecule has 1 amide bonds. The molecule has 0 aliphatic carbocycles. The molecule has 2 aromatic carbocycles. The van der Waals surface area contributed by atoms with E-state index in [0.29, 0.717) is 36.7 Å². The maximum Gasteiger partial charge on any atom is 0.251 e. The van der Waals surface area contributed by atoms with Crippen LogP contribution in [0.1, 0.15) is 27.0 Å². The van der Waals surface area contributed by atoms with Crippen molar-refractivity contribution in [1.29, 1.82) is 0 Å². The molecule has 0 heterocycles. The fourth-order valence-electron chi connectivity index (χ4n) is 2.31. The molecule has 0 fully saturated rings. The fourth-order valence-corrected chi connectivity index (χ4v) is 2.31. The lowest BCUT2D eigenvalue weighted by Crippen LogP contribution is -2.41. The van der Waals surface area contributed by atoms with E-state index in [0.717, 1.165) is 5.56 Å². The number of aryl methyl sites for hydroxylation is 2. The number of guanidine groups is 1. The first kappa shape index (κ1) is 22.9. The largest absolute Gasteiger partial charge is 0.355 e. The minimum atomic E-state index is -0.378. The van der Waals surface area contributed by atoms with Gasteiger partial charge in [0.25, 0.3) is 5.91 Å². The SMILES string of the molecule is CN=C(NCCNC(=O)c1ccc(C)c(F)c1)NCc1ccc(C)cc1.I. The number of nitrogens with one attached hydrogen (secondary N) is 3. The molecule has 0 aliphatic rings. The zero-order valence-corrected chi connectivity index (χ0v) is 18.1. The van der Waals surface area contributed by atoms with Crippen molar-refractivity contribution in [3.05, 3.63) is 70.5 Å². The Bertz CT molecular complexity index is 778. The number of hydrogen-bond acceptors (Lipinski definition) is 2. The van der Waals surface area contributed by atoms with Crippen LogP contribution in [0, 0.1) is 19.7 Å². The zero-order valence-electron chi connectivity index (χ0n) is 15.8. The molecule has 0 aliphatic heterocycles. The molecule has 2 rings (SSSR count). The van der Waals surface area contributed by atoms with Gasteiger partial charge in [0.15, 0.2) is 5.96 Å². The monoisotopic (exact) mass is 484 g/mol. The lowest BCUT2D eigenvalue weighted by molar-refractivity contribution is 0.0954. The molecule has 2 aromatic rings. The predicted molar refractivity (Wildman–Crippen MR) is 118 cm³/mol. The van der Waals surface area contributed by atoms with Crippen molar-refractivity contribution in [1.82, 2.24) is 16.0 Å². The molecule has 27 heavy (non-hydrogen) atoms. The highest BCUT2D eigenvalue weighted by molar-refractivity contribution is 14.0. The maximum absolute atomic E-state index is 13.5. The van der Waals surface area contributed by atoms with E-state index >= 15 is 0 Å². The van der Waals surface area contributed by atoms with Gasteiger partial charge in [-0.2, -0.15) is 0 Å². The Kier molecular flexibility index (Phi) is 9.77. The molecule has 7 heteroatoms. The number of nitrogens with zero attached hydrogens (tertiary/aromatic N) is 1. The van der Waals surface area contributed by atoms with Crippen LogP contribution in [-0.4, -0.2) is 32.0 Å². The summed E-state index contributed by atoms with van der Waals surface area (Å²) in [5.41, 5.74) is 3.22. The molecule has 5 nitrogen and oxygen atoms in total. The van der Waals surface area contributed by atoms with Gasteiger partial charge in [0.1, 0.15) is 5.82 Å². The molecule has 0 bridgehead atoms. The van der Waals surface area contributed by atoms with Crippen molar-refractivity contribution >= 4 is 35.8 Å². The van der Waals surface area contributed by atoms with Crippen molar-refractivity contribution in [2.75, 3.05) is 20.1 Å². The van der Waals surface area contributed by atoms with Gasteiger partial charge in [0.05, 0.1) is 0 Å². The fraction of sp³-hybridized carbons (Fsp3) is 0.300. The number of amides is 1. The summed E-state index contributed by atoms with van der Waals surface area (Å²) in [6.45, 7) is 5.29. The zero-order chi connectivity index (χ0) is 18.9. The second-order valence-electron chi connectivity index (χ2n) is 6.06. The molecular formula is C20H26FIN4O. The van der Waals surface area contributed by atoms with Crippen molar-refractivity contribution in [2.45, 2.75) is 20.4 Å². The summed E-state index contributed by atoms with van der Waals surface area (Å²) in [5, 5.41) is 9.10. The second-order valence-corrected chi connectivity index (χ2v) is 6.06. The van der Waals surface area contributed by atoms with Crippen LogP contribution in [-0.2, 0) is 6.54 Å². The third-order valence-electron chi connectivity index (χ3n) is 3.94. The molecule has 0 spiro atoms. The molecule has 146 valence electrons. The van der Waals surface area contributed by atoms with Gasteiger partial charge >= 0.3 is 0 Å². The van der Waals surface area contributed by atoms with Crippen molar-refractivity contribution in [3.8, 4) is 0 Å². The highest BCUT2D eigenvalue weighted by Gasteiger charge is 2.07. The molecule has 0 atom stereocenters. The lowest BCUT2D eigenvalue weighted by Gasteiger charge is -2.12. The molecule has 0 saturated carbocycles. The van der Waals surface area contributed by atoms with E-state index in [-0.39, 0.29) is 35.7 Å². The average Bonchev–Trinajstić information content (AvgIpc) is 2.64. The normalized spacial score (nSPS) is 10.7. The third-order valence-corrected chi connectivity index (χ3v) is 3.94. The number of rotatable bonds is 6. The average molecular weight is 484 g/mol. The molecule has 0 radical (unpaired) electrons. The van der Waals surface area contributed by atoms with E-state index in [1.807, 2.05) is 0 Å². The Morgan fingerprint density at radius 3 is 2.30 bits per heavy atom. The Labute approximate surface area is 176 Å². The van der Waals surface area contributed by atoms with E-state index in [2.05, 4.69) is 52.1 Å². The first-order valence-corrected chi connectivity index (χ1v) is 8.54. The molecule has 0 aromatic heterocycles. The summed E-state index contributed by atoms with van der Waals surface area (Å²) in [7, 11) is 1.69. The van der Waals surface area contributed by atoms with Crippen LogP contribution in [0.3, 0.4) is 0 Å². The van der Waals surface area contributed by atoms with Crippen molar-refractivity contribution in [2.24, 2.45) is 4.99 Å². The van der Waals surface area contributed by atoms with Crippen LogP contribution in [0.25, 0.3) is 0 Å². The topological polar surface area (TPSA) is 65.5 Å². The van der Waals surface area contributed by atoms with Gasteiger partial charge in [0.2, 0.25) is 0 Å². The quantitative estimate of drug-likeness (QED) is 0.256. The van der Waals surface area contributed by atoms with Crippen LogP contribution < -0.4 is 16.0 Å². The van der Waals surface area contributed by atoms with E-state index in [4.69, 9.17) is 0 Å². The van der Waals surface area contributed by atoms with Gasteiger partial charge in [-0.15, -0.1) is 24.0 Å². The number of carbonyl (C=O) groups is 1. The number of benzene rings is 2. The minimum absolute atomic E-state index is 0. The summed E-state index contributed by atoms with van der Waals surface area (Å²) >= 11 is 0. The van der Waals surface area contributed by atoms with Crippen LogP contribution in [0.5, 0.6) is 0 Å². The number of carbonyl (C=O) groups excluding carboxylic acids is 1. The number of aliphatic imine (C=N–C) groups is 1. The molecule has 0 saturated heterocycles. The first-order valence-electron chi connectivity index (χ1n) is 8.54. The van der Waals surface area contributed by atoms with Gasteiger partial charge in [0, 0.05) is 32.2 Å². The van der Waals surface area contributed by atoms with Gasteiger partial charge < -0.3 is 16.0 Å². The van der Waals surface area contributed by atoms with E-state index in [1.54, 1.807) is 26.1 Å². The lowest BCUT2D eigenvalue weighted by atomic mass is 10.1. The van der Waals surface area contributed by atoms with Crippen molar-refractivity contribution in [3.63, 3.8) is 0 Å². The Balaban J connectivity index is 0.00000364. The van der Waals surface area contributed by atoms with Crippen molar-refractivity contribution < 1.29 is 9.18 Å². The second kappa shape index (κ2) is 11.5. The van der Waals surface area contributed by atoms with Crippen LogP contribution in [0.15, 0.2) is 47.5 Å². The molecule has 3 N–H and O–H groups in total. The number of halogens is 2. The summed E-state index contributed by atoms with van der Waals surface area (Å²) < 4.78 is 13.5. The Morgan fingerprint density at radius 1 is 1.00 bits per heavy atom. The first-order chi connectivity index (χ1) is 12.5. The standard InChI is InChI=1S/C20H25FN4O.HI/c1-14-4-7-16(8-5-14)13-25-20(22-3)24-11-10-23-19(26)17-9-6-15(2)18(21)12-17;/h4-9,12H,10-11,13H2,1-3H3,(H,23,26)(H2,22,24,25);1H. The van der Waals surface area contributed by atoms with Gasteiger partial charge in [-0.3, -0.25) is 9.79 Å². The molecular weight excluding hydrogens is 458 g/mol. The van der Waals surface area contributed by atoms with E-state index < -0.39 is 0 Å². The Hall–Kier alpha value is -2.16. The predicted octanol–water partition coefficient (Wildman–Crippen LogP) is 3.16. The summed E-state index contributed by atoms with van der Waals surface area (Å²) in [4.78, 5) is 16.2. The van der Waals surface area contributed by atoms with Gasteiger partial charge in [-0.05, 0) is 37.1 Å². The highest BCUT2D eigenvalue weighted by Crippen LogP contribution is 2.08. The summed E-state index contributed by atoms with van der Waals surface area (Å²) in [6.07, 6.45) is 0.